The molecule has 0 saturated carbocycles. The highest BCUT2D eigenvalue weighted by atomic mass is 16.4. The van der Waals surface area contributed by atoms with Gasteiger partial charge in [0, 0.05) is 31.7 Å². The Balaban J connectivity index is 2.58. The highest BCUT2D eigenvalue weighted by Gasteiger charge is 2.32. The van der Waals surface area contributed by atoms with Crippen molar-refractivity contribution in [2.45, 2.75) is 39.0 Å². The molecule has 2 N–H and O–H groups in total. The number of aliphatic hydroxyl groups excluding tert-OH is 1. The average molecular weight is 216 g/mol. The van der Waals surface area contributed by atoms with Crippen LogP contribution in [0.3, 0.4) is 0 Å². The van der Waals surface area contributed by atoms with Gasteiger partial charge in [-0.15, -0.1) is 0 Å². The first kappa shape index (κ1) is 12.3. The first-order valence-electron chi connectivity index (χ1n) is 5.33. The third-order valence-electron chi connectivity index (χ3n) is 2.74. The SMILES string of the molecule is CC1CN(C[C@H](C)O)CC(C)N1C(=O)O. The van der Waals surface area contributed by atoms with Crippen molar-refractivity contribution in [1.29, 1.82) is 0 Å². The molecule has 0 aromatic carbocycles. The number of amides is 1. The predicted molar refractivity (Wildman–Crippen MR) is 56.9 cm³/mol. The van der Waals surface area contributed by atoms with Crippen molar-refractivity contribution >= 4 is 6.09 Å². The summed E-state index contributed by atoms with van der Waals surface area (Å²) < 4.78 is 0. The Morgan fingerprint density at radius 2 is 1.87 bits per heavy atom. The van der Waals surface area contributed by atoms with E-state index in [1.165, 1.54) is 4.90 Å². The lowest BCUT2D eigenvalue weighted by atomic mass is 10.1. The minimum atomic E-state index is -0.855. The van der Waals surface area contributed by atoms with Crippen molar-refractivity contribution in [2.24, 2.45) is 0 Å². The molecule has 0 aromatic heterocycles. The summed E-state index contributed by atoms with van der Waals surface area (Å²) in [6.45, 7) is 7.56. The van der Waals surface area contributed by atoms with Gasteiger partial charge in [0.15, 0.2) is 0 Å². The molecule has 1 heterocycles. The monoisotopic (exact) mass is 216 g/mol. The number of hydrogen-bond acceptors (Lipinski definition) is 3. The van der Waals surface area contributed by atoms with Gasteiger partial charge in [0.25, 0.3) is 0 Å². The molecular formula is C10H20N2O3. The molecule has 1 saturated heterocycles. The fourth-order valence-electron chi connectivity index (χ4n) is 2.33. The molecule has 0 radical (unpaired) electrons. The van der Waals surface area contributed by atoms with Gasteiger partial charge in [-0.05, 0) is 20.8 Å². The van der Waals surface area contributed by atoms with Crippen LogP contribution in [0.1, 0.15) is 20.8 Å². The number of β-amino-alcohol motifs (C(OH)–C–C–N with tert-alkyl or cyclic N) is 1. The average Bonchev–Trinajstić information content (AvgIpc) is 1.99. The van der Waals surface area contributed by atoms with Gasteiger partial charge < -0.3 is 15.1 Å². The molecule has 1 fully saturated rings. The number of nitrogens with zero attached hydrogens (tertiary/aromatic N) is 2. The highest BCUT2D eigenvalue weighted by molar-refractivity contribution is 5.66. The molecule has 0 spiro atoms. The van der Waals surface area contributed by atoms with Crippen LogP contribution in [-0.4, -0.2) is 63.9 Å². The standard InChI is InChI=1S/C10H20N2O3/c1-7-4-11(6-9(3)13)5-8(2)12(7)10(14)15/h7-9,13H,4-6H2,1-3H3,(H,14,15)/t7?,8?,9-/m0/s1. The van der Waals surface area contributed by atoms with E-state index >= 15 is 0 Å². The van der Waals surface area contributed by atoms with Gasteiger partial charge in [-0.25, -0.2) is 4.79 Å². The van der Waals surface area contributed by atoms with Crippen LogP contribution >= 0.6 is 0 Å². The highest BCUT2D eigenvalue weighted by Crippen LogP contribution is 2.15. The zero-order chi connectivity index (χ0) is 11.6. The molecule has 0 aromatic rings. The molecular weight excluding hydrogens is 196 g/mol. The van der Waals surface area contributed by atoms with E-state index in [2.05, 4.69) is 4.90 Å². The lowest BCUT2D eigenvalue weighted by Gasteiger charge is -2.43. The maximum Gasteiger partial charge on any atom is 0.407 e. The van der Waals surface area contributed by atoms with E-state index in [1.807, 2.05) is 13.8 Å². The molecule has 5 nitrogen and oxygen atoms in total. The van der Waals surface area contributed by atoms with Crippen LogP contribution in [0.2, 0.25) is 0 Å². The molecule has 2 unspecified atom stereocenters. The first-order valence-corrected chi connectivity index (χ1v) is 5.33. The van der Waals surface area contributed by atoms with Crippen LogP contribution in [0.4, 0.5) is 4.79 Å². The fraction of sp³-hybridized carbons (Fsp3) is 0.900. The van der Waals surface area contributed by atoms with E-state index in [9.17, 15) is 9.90 Å². The van der Waals surface area contributed by atoms with Gasteiger partial charge in [-0.3, -0.25) is 4.90 Å². The van der Waals surface area contributed by atoms with Crippen molar-refractivity contribution in [3.63, 3.8) is 0 Å². The summed E-state index contributed by atoms with van der Waals surface area (Å²) in [5.41, 5.74) is 0. The number of carbonyl (C=O) groups is 1. The second kappa shape index (κ2) is 4.81. The van der Waals surface area contributed by atoms with Gasteiger partial charge in [-0.1, -0.05) is 0 Å². The topological polar surface area (TPSA) is 64.0 Å². The Morgan fingerprint density at radius 3 is 2.20 bits per heavy atom. The summed E-state index contributed by atoms with van der Waals surface area (Å²) >= 11 is 0. The first-order chi connectivity index (χ1) is 6.91. The van der Waals surface area contributed by atoms with Crippen molar-refractivity contribution < 1.29 is 15.0 Å². The van der Waals surface area contributed by atoms with Crippen LogP contribution in [0.15, 0.2) is 0 Å². The summed E-state index contributed by atoms with van der Waals surface area (Å²) in [5, 5.41) is 18.3. The Hall–Kier alpha value is -0.810. The molecule has 88 valence electrons. The lowest BCUT2D eigenvalue weighted by Crippen LogP contribution is -2.59. The number of rotatable bonds is 2. The maximum absolute atomic E-state index is 11.0. The van der Waals surface area contributed by atoms with Crippen molar-refractivity contribution in [1.82, 2.24) is 9.80 Å². The fourth-order valence-corrected chi connectivity index (χ4v) is 2.33. The predicted octanol–water partition coefficient (Wildman–Crippen LogP) is 0.440. The van der Waals surface area contributed by atoms with Crippen molar-refractivity contribution in [3.8, 4) is 0 Å². The van der Waals surface area contributed by atoms with Crippen molar-refractivity contribution in [3.05, 3.63) is 0 Å². The van der Waals surface area contributed by atoms with Crippen LogP contribution < -0.4 is 0 Å². The molecule has 1 aliphatic rings. The minimum absolute atomic E-state index is 0.00926. The second-order valence-corrected chi connectivity index (χ2v) is 4.46. The Labute approximate surface area is 90.3 Å². The molecule has 3 atom stereocenters. The summed E-state index contributed by atoms with van der Waals surface area (Å²) in [4.78, 5) is 14.6. The normalized spacial score (nSPS) is 30.3. The molecule has 5 heteroatoms. The van der Waals surface area contributed by atoms with Crippen LogP contribution in [0.25, 0.3) is 0 Å². The summed E-state index contributed by atoms with van der Waals surface area (Å²) in [6, 6.07) is -0.0185. The van der Waals surface area contributed by atoms with Gasteiger partial charge in [-0.2, -0.15) is 0 Å². The largest absolute Gasteiger partial charge is 0.465 e. The maximum atomic E-state index is 11.0. The summed E-state index contributed by atoms with van der Waals surface area (Å²) in [7, 11) is 0. The van der Waals surface area contributed by atoms with E-state index in [1.54, 1.807) is 6.92 Å². The quantitative estimate of drug-likeness (QED) is 0.703. The van der Waals surface area contributed by atoms with E-state index in [4.69, 9.17) is 5.11 Å². The number of hydrogen-bond donors (Lipinski definition) is 2. The number of aliphatic hydroxyl groups is 1. The number of carboxylic acid groups (broad SMARTS) is 1. The van der Waals surface area contributed by atoms with Crippen LogP contribution in [-0.2, 0) is 0 Å². The van der Waals surface area contributed by atoms with E-state index in [-0.39, 0.29) is 18.2 Å². The van der Waals surface area contributed by atoms with Crippen LogP contribution in [0.5, 0.6) is 0 Å². The second-order valence-electron chi connectivity index (χ2n) is 4.46. The molecule has 1 amide bonds. The minimum Gasteiger partial charge on any atom is -0.465 e. The van der Waals surface area contributed by atoms with Gasteiger partial charge >= 0.3 is 6.09 Å². The summed E-state index contributed by atoms with van der Waals surface area (Å²) in [5.74, 6) is 0. The number of piperazine rings is 1. The van der Waals surface area contributed by atoms with Gasteiger partial charge in [0.05, 0.1) is 6.10 Å². The van der Waals surface area contributed by atoms with E-state index < -0.39 is 6.09 Å². The third-order valence-corrected chi connectivity index (χ3v) is 2.74. The van der Waals surface area contributed by atoms with Gasteiger partial charge in [0.1, 0.15) is 0 Å². The van der Waals surface area contributed by atoms with Crippen LogP contribution in [0, 0.1) is 0 Å². The molecule has 1 rings (SSSR count). The van der Waals surface area contributed by atoms with Gasteiger partial charge in [0.2, 0.25) is 0 Å². The molecule has 0 bridgehead atoms. The molecule has 1 aliphatic heterocycles. The Bertz CT molecular complexity index is 221. The molecule has 0 aliphatic carbocycles. The smallest absolute Gasteiger partial charge is 0.407 e. The van der Waals surface area contributed by atoms with Crippen molar-refractivity contribution in [2.75, 3.05) is 19.6 Å². The molecule has 15 heavy (non-hydrogen) atoms. The third kappa shape index (κ3) is 3.07. The lowest BCUT2D eigenvalue weighted by molar-refractivity contribution is 0.0232. The van der Waals surface area contributed by atoms with E-state index in [0.717, 1.165) is 0 Å². The Morgan fingerprint density at radius 1 is 1.40 bits per heavy atom. The Kier molecular flexibility index (Phi) is 3.93. The summed E-state index contributed by atoms with van der Waals surface area (Å²) in [6.07, 6.45) is -1.22. The zero-order valence-corrected chi connectivity index (χ0v) is 9.55. The van der Waals surface area contributed by atoms with E-state index in [0.29, 0.717) is 19.6 Å². The zero-order valence-electron chi connectivity index (χ0n) is 9.55.